The average Bonchev–Trinajstić information content (AvgIpc) is 2.28. The lowest BCUT2D eigenvalue weighted by Crippen LogP contribution is -2.44. The van der Waals surface area contributed by atoms with E-state index in [0.29, 0.717) is 18.2 Å². The number of carbonyl (C=O) groups is 2. The number of carboxylic acids is 1. The number of nitrogens with zero attached hydrogens (tertiary/aromatic N) is 2. The Morgan fingerprint density at radius 3 is 3.06 bits per heavy atom. The number of anilines is 3. The van der Waals surface area contributed by atoms with Crippen molar-refractivity contribution in [2.75, 3.05) is 22.5 Å². The third-order valence-corrected chi connectivity index (χ3v) is 2.17. The summed E-state index contributed by atoms with van der Waals surface area (Å²) in [6.07, 6.45) is 1.43. The SMILES string of the molecule is CCNc1ncc2c(n1)NC(=O)[C@H](C(=O)O)N2. The Balaban J connectivity index is 2.28. The lowest BCUT2D eigenvalue weighted by Gasteiger charge is -2.22. The molecule has 4 N–H and O–H groups in total. The van der Waals surface area contributed by atoms with Crippen LogP contribution in [0.4, 0.5) is 17.5 Å². The fraction of sp³-hybridized carbons (Fsp3) is 0.333. The van der Waals surface area contributed by atoms with Gasteiger partial charge in [-0.05, 0) is 6.92 Å². The molecule has 1 aromatic rings. The largest absolute Gasteiger partial charge is 0.479 e. The van der Waals surface area contributed by atoms with E-state index in [9.17, 15) is 9.59 Å². The first kappa shape index (κ1) is 11.1. The average molecular weight is 237 g/mol. The van der Waals surface area contributed by atoms with Gasteiger partial charge in [0.2, 0.25) is 12.0 Å². The number of amides is 1. The summed E-state index contributed by atoms with van der Waals surface area (Å²) in [6.45, 7) is 2.54. The van der Waals surface area contributed by atoms with Crippen molar-refractivity contribution in [3.63, 3.8) is 0 Å². The molecule has 0 unspecified atom stereocenters. The van der Waals surface area contributed by atoms with Crippen molar-refractivity contribution >= 4 is 29.3 Å². The molecule has 2 rings (SSSR count). The first-order valence-electron chi connectivity index (χ1n) is 5.03. The predicted octanol–water partition coefficient (Wildman–Crippen LogP) is -0.274. The number of aliphatic carboxylic acids is 1. The van der Waals surface area contributed by atoms with Crippen LogP contribution >= 0.6 is 0 Å². The Morgan fingerprint density at radius 1 is 1.65 bits per heavy atom. The second-order valence-electron chi connectivity index (χ2n) is 3.39. The van der Waals surface area contributed by atoms with E-state index in [-0.39, 0.29) is 5.82 Å². The maximum atomic E-state index is 11.4. The molecular formula is C9H11N5O3. The number of nitrogens with one attached hydrogen (secondary N) is 3. The summed E-state index contributed by atoms with van der Waals surface area (Å²) >= 11 is 0. The molecule has 0 spiro atoms. The van der Waals surface area contributed by atoms with Crippen molar-refractivity contribution in [3.05, 3.63) is 6.20 Å². The van der Waals surface area contributed by atoms with E-state index in [1.54, 1.807) is 0 Å². The standard InChI is InChI=1S/C9H11N5O3/c1-2-10-9-11-3-4-6(14-9)13-7(15)5(12-4)8(16)17/h3,5,12H,2H2,1H3,(H,16,17)(H2,10,11,13,14,15)/t5-/m1/s1. The molecule has 0 fully saturated rings. The van der Waals surface area contributed by atoms with Crippen LogP contribution in [0, 0.1) is 0 Å². The number of aromatic nitrogens is 2. The Hall–Kier alpha value is -2.38. The maximum absolute atomic E-state index is 11.4. The van der Waals surface area contributed by atoms with Gasteiger partial charge in [0.15, 0.2) is 5.82 Å². The monoisotopic (exact) mass is 237 g/mol. The molecule has 1 aliphatic heterocycles. The number of hydrogen-bond acceptors (Lipinski definition) is 6. The van der Waals surface area contributed by atoms with Gasteiger partial charge in [-0.25, -0.2) is 9.78 Å². The molecule has 8 nitrogen and oxygen atoms in total. The van der Waals surface area contributed by atoms with Crippen molar-refractivity contribution in [3.8, 4) is 0 Å². The highest BCUT2D eigenvalue weighted by atomic mass is 16.4. The zero-order valence-corrected chi connectivity index (χ0v) is 9.02. The highest BCUT2D eigenvalue weighted by Crippen LogP contribution is 2.24. The molecule has 0 saturated heterocycles. The second-order valence-corrected chi connectivity index (χ2v) is 3.39. The topological polar surface area (TPSA) is 116 Å². The van der Waals surface area contributed by atoms with E-state index in [1.165, 1.54) is 6.20 Å². The van der Waals surface area contributed by atoms with Crippen molar-refractivity contribution in [2.45, 2.75) is 13.0 Å². The van der Waals surface area contributed by atoms with Gasteiger partial charge in [0.05, 0.1) is 11.9 Å². The van der Waals surface area contributed by atoms with Gasteiger partial charge in [-0.15, -0.1) is 0 Å². The second kappa shape index (κ2) is 4.24. The summed E-state index contributed by atoms with van der Waals surface area (Å²) in [5.41, 5.74) is 0.388. The van der Waals surface area contributed by atoms with E-state index in [0.717, 1.165) is 0 Å². The third-order valence-electron chi connectivity index (χ3n) is 2.17. The smallest absolute Gasteiger partial charge is 0.336 e. The van der Waals surface area contributed by atoms with Gasteiger partial charge in [0, 0.05) is 6.54 Å². The molecule has 0 aromatic carbocycles. The molecule has 90 valence electrons. The summed E-state index contributed by atoms with van der Waals surface area (Å²) in [6, 6.07) is -1.31. The minimum atomic E-state index is -1.31. The first-order chi connectivity index (χ1) is 8.11. The normalized spacial score (nSPS) is 17.7. The molecule has 0 radical (unpaired) electrons. The minimum Gasteiger partial charge on any atom is -0.479 e. The van der Waals surface area contributed by atoms with Crippen molar-refractivity contribution in [2.24, 2.45) is 0 Å². The van der Waals surface area contributed by atoms with Crippen LogP contribution in [0.25, 0.3) is 0 Å². The molecule has 1 atom stereocenters. The van der Waals surface area contributed by atoms with E-state index >= 15 is 0 Å². The molecule has 1 amide bonds. The third kappa shape index (κ3) is 2.10. The van der Waals surface area contributed by atoms with Crippen LogP contribution < -0.4 is 16.0 Å². The lowest BCUT2D eigenvalue weighted by atomic mass is 10.2. The van der Waals surface area contributed by atoms with Gasteiger partial charge in [0.1, 0.15) is 0 Å². The highest BCUT2D eigenvalue weighted by Gasteiger charge is 2.32. The van der Waals surface area contributed by atoms with E-state index < -0.39 is 17.9 Å². The van der Waals surface area contributed by atoms with Gasteiger partial charge in [0.25, 0.3) is 5.91 Å². The fourth-order valence-electron chi connectivity index (χ4n) is 1.41. The van der Waals surface area contributed by atoms with Crippen LogP contribution in [0.1, 0.15) is 6.92 Å². The van der Waals surface area contributed by atoms with Gasteiger partial charge < -0.3 is 21.1 Å². The minimum absolute atomic E-state index is 0.276. The Labute approximate surface area is 96.5 Å². The Kier molecular flexibility index (Phi) is 2.77. The molecule has 0 bridgehead atoms. The zero-order valence-electron chi connectivity index (χ0n) is 9.02. The van der Waals surface area contributed by atoms with Crippen molar-refractivity contribution in [1.82, 2.24) is 9.97 Å². The summed E-state index contributed by atoms with van der Waals surface area (Å²) in [5.74, 6) is -1.24. The number of fused-ring (bicyclic) bond motifs is 1. The molecule has 2 heterocycles. The summed E-state index contributed by atoms with van der Waals surface area (Å²) in [4.78, 5) is 30.2. The number of hydrogen-bond donors (Lipinski definition) is 4. The van der Waals surface area contributed by atoms with Crippen LogP contribution in [0.3, 0.4) is 0 Å². The van der Waals surface area contributed by atoms with Crippen LogP contribution in [-0.4, -0.2) is 39.5 Å². The molecule has 1 aromatic heterocycles. The van der Waals surface area contributed by atoms with E-state index in [4.69, 9.17) is 5.11 Å². The predicted molar refractivity (Wildman–Crippen MR) is 59.9 cm³/mol. The van der Waals surface area contributed by atoms with Crippen LogP contribution in [0.5, 0.6) is 0 Å². The molecule has 1 aliphatic rings. The highest BCUT2D eigenvalue weighted by molar-refractivity contribution is 6.13. The first-order valence-corrected chi connectivity index (χ1v) is 5.03. The number of rotatable bonds is 3. The number of carboxylic acid groups (broad SMARTS) is 1. The van der Waals surface area contributed by atoms with Gasteiger partial charge in [-0.1, -0.05) is 0 Å². The molecule has 0 aliphatic carbocycles. The lowest BCUT2D eigenvalue weighted by molar-refractivity contribution is -0.140. The summed E-state index contributed by atoms with van der Waals surface area (Å²) < 4.78 is 0. The summed E-state index contributed by atoms with van der Waals surface area (Å²) in [5, 5.41) is 16.7. The van der Waals surface area contributed by atoms with Crippen molar-refractivity contribution in [1.29, 1.82) is 0 Å². The molecular weight excluding hydrogens is 226 g/mol. The van der Waals surface area contributed by atoms with Crippen LogP contribution in [0.15, 0.2) is 6.20 Å². The fourth-order valence-corrected chi connectivity index (χ4v) is 1.41. The van der Waals surface area contributed by atoms with Crippen molar-refractivity contribution < 1.29 is 14.7 Å². The maximum Gasteiger partial charge on any atom is 0.336 e. The van der Waals surface area contributed by atoms with Crippen LogP contribution in [0.2, 0.25) is 0 Å². The van der Waals surface area contributed by atoms with Crippen LogP contribution in [-0.2, 0) is 9.59 Å². The molecule has 0 saturated carbocycles. The van der Waals surface area contributed by atoms with E-state index in [1.807, 2.05) is 6.92 Å². The molecule has 17 heavy (non-hydrogen) atoms. The van der Waals surface area contributed by atoms with Gasteiger partial charge in [-0.2, -0.15) is 4.98 Å². The van der Waals surface area contributed by atoms with E-state index in [2.05, 4.69) is 25.9 Å². The van der Waals surface area contributed by atoms with Gasteiger partial charge >= 0.3 is 5.97 Å². The quantitative estimate of drug-likeness (QED) is 0.534. The summed E-state index contributed by atoms with van der Waals surface area (Å²) in [7, 11) is 0. The Morgan fingerprint density at radius 2 is 2.41 bits per heavy atom. The zero-order chi connectivity index (χ0) is 12.4. The molecule has 8 heteroatoms. The Bertz CT molecular complexity index is 476. The number of carbonyl (C=O) groups excluding carboxylic acids is 1. The van der Waals surface area contributed by atoms with Gasteiger partial charge in [-0.3, -0.25) is 4.79 Å².